The Kier molecular flexibility index (Phi) is 5.14. The van der Waals surface area contributed by atoms with E-state index in [1.165, 1.54) is 12.1 Å². The van der Waals surface area contributed by atoms with Crippen molar-refractivity contribution >= 4 is 0 Å². The third-order valence-electron chi connectivity index (χ3n) is 3.45. The SMILES string of the molecule is CCCCOc1cc(F)ccc1-c1cncc(C(C)(C)O)c1. The molecule has 3 nitrogen and oxygen atoms in total. The van der Waals surface area contributed by atoms with Crippen LogP contribution in [-0.4, -0.2) is 16.7 Å². The zero-order chi connectivity index (χ0) is 16.2. The van der Waals surface area contributed by atoms with Crippen LogP contribution in [0.2, 0.25) is 0 Å². The summed E-state index contributed by atoms with van der Waals surface area (Å²) >= 11 is 0. The molecule has 1 aromatic carbocycles. The van der Waals surface area contributed by atoms with Gasteiger partial charge in [0.15, 0.2) is 0 Å². The van der Waals surface area contributed by atoms with Crippen molar-refractivity contribution < 1.29 is 14.2 Å². The van der Waals surface area contributed by atoms with Gasteiger partial charge < -0.3 is 9.84 Å². The van der Waals surface area contributed by atoms with Crippen molar-refractivity contribution in [3.63, 3.8) is 0 Å². The molecule has 1 heterocycles. The molecule has 1 N–H and O–H groups in total. The predicted octanol–water partition coefficient (Wildman–Crippen LogP) is 4.29. The molecule has 2 aromatic rings. The van der Waals surface area contributed by atoms with Crippen molar-refractivity contribution in [2.45, 2.75) is 39.2 Å². The predicted molar refractivity (Wildman–Crippen MR) is 85.3 cm³/mol. The number of nitrogens with zero attached hydrogens (tertiary/aromatic N) is 1. The van der Waals surface area contributed by atoms with E-state index in [1.807, 2.05) is 6.07 Å². The van der Waals surface area contributed by atoms with E-state index in [0.717, 1.165) is 24.0 Å². The molecule has 4 heteroatoms. The topological polar surface area (TPSA) is 42.4 Å². The number of pyridine rings is 1. The minimum absolute atomic E-state index is 0.332. The van der Waals surface area contributed by atoms with Crippen molar-refractivity contribution in [2.75, 3.05) is 6.61 Å². The summed E-state index contributed by atoms with van der Waals surface area (Å²) in [5, 5.41) is 10.1. The number of halogens is 1. The molecule has 2 rings (SSSR count). The Morgan fingerprint density at radius 3 is 2.68 bits per heavy atom. The number of unbranched alkanes of at least 4 members (excludes halogenated alkanes) is 1. The molecule has 0 aliphatic rings. The molecule has 0 fully saturated rings. The molecule has 0 saturated heterocycles. The normalized spacial score (nSPS) is 11.5. The first-order valence-electron chi connectivity index (χ1n) is 7.52. The van der Waals surface area contributed by atoms with E-state index < -0.39 is 5.60 Å². The second-order valence-corrected chi connectivity index (χ2v) is 5.86. The summed E-state index contributed by atoms with van der Waals surface area (Å²) in [6, 6.07) is 6.33. The zero-order valence-electron chi connectivity index (χ0n) is 13.3. The highest BCUT2D eigenvalue weighted by atomic mass is 19.1. The van der Waals surface area contributed by atoms with Crippen LogP contribution in [0.1, 0.15) is 39.2 Å². The average Bonchev–Trinajstić information content (AvgIpc) is 2.47. The number of benzene rings is 1. The minimum Gasteiger partial charge on any atom is -0.493 e. The highest BCUT2D eigenvalue weighted by Gasteiger charge is 2.18. The Morgan fingerprint density at radius 1 is 1.23 bits per heavy atom. The molecular weight excluding hydrogens is 281 g/mol. The van der Waals surface area contributed by atoms with Crippen molar-refractivity contribution in [1.29, 1.82) is 0 Å². The molecular formula is C18H22FNO2. The molecule has 0 atom stereocenters. The van der Waals surface area contributed by atoms with E-state index in [1.54, 1.807) is 32.3 Å². The van der Waals surface area contributed by atoms with Gasteiger partial charge >= 0.3 is 0 Å². The van der Waals surface area contributed by atoms with Crippen LogP contribution < -0.4 is 4.74 Å². The molecule has 0 amide bonds. The van der Waals surface area contributed by atoms with Crippen LogP contribution >= 0.6 is 0 Å². The Morgan fingerprint density at radius 2 is 2.00 bits per heavy atom. The lowest BCUT2D eigenvalue weighted by atomic mass is 9.96. The fourth-order valence-electron chi connectivity index (χ4n) is 2.10. The summed E-state index contributed by atoms with van der Waals surface area (Å²) in [7, 11) is 0. The van der Waals surface area contributed by atoms with Gasteiger partial charge in [0.25, 0.3) is 0 Å². The molecule has 0 aliphatic carbocycles. The first kappa shape index (κ1) is 16.4. The Bertz CT molecular complexity index is 635. The second kappa shape index (κ2) is 6.88. The fourth-order valence-corrected chi connectivity index (χ4v) is 2.10. The lowest BCUT2D eigenvalue weighted by Crippen LogP contribution is -2.15. The molecule has 0 radical (unpaired) electrons. The summed E-state index contributed by atoms with van der Waals surface area (Å²) in [4.78, 5) is 4.18. The van der Waals surface area contributed by atoms with E-state index >= 15 is 0 Å². The van der Waals surface area contributed by atoms with Crippen LogP contribution in [0.15, 0.2) is 36.7 Å². The Labute approximate surface area is 130 Å². The number of hydrogen-bond donors (Lipinski definition) is 1. The van der Waals surface area contributed by atoms with Gasteiger partial charge in [-0.05, 0) is 38.5 Å². The van der Waals surface area contributed by atoms with Crippen molar-refractivity contribution in [3.05, 3.63) is 48.0 Å². The highest BCUT2D eigenvalue weighted by Crippen LogP contribution is 2.32. The molecule has 0 saturated carbocycles. The number of rotatable bonds is 6. The highest BCUT2D eigenvalue weighted by molar-refractivity contribution is 5.70. The van der Waals surface area contributed by atoms with Gasteiger partial charge in [-0.1, -0.05) is 13.3 Å². The molecule has 1 aromatic heterocycles. The first-order chi connectivity index (χ1) is 10.4. The molecule has 0 aliphatic heterocycles. The van der Waals surface area contributed by atoms with Crippen LogP contribution in [0.4, 0.5) is 4.39 Å². The fraction of sp³-hybridized carbons (Fsp3) is 0.389. The van der Waals surface area contributed by atoms with Gasteiger partial charge in [-0.25, -0.2) is 4.39 Å². The van der Waals surface area contributed by atoms with E-state index in [9.17, 15) is 9.50 Å². The average molecular weight is 303 g/mol. The van der Waals surface area contributed by atoms with Gasteiger partial charge in [0.2, 0.25) is 0 Å². The maximum Gasteiger partial charge on any atom is 0.130 e. The van der Waals surface area contributed by atoms with Crippen LogP contribution in [-0.2, 0) is 5.60 Å². The molecule has 0 unspecified atom stereocenters. The number of hydrogen-bond acceptors (Lipinski definition) is 3. The third-order valence-corrected chi connectivity index (χ3v) is 3.45. The molecule has 0 spiro atoms. The van der Waals surface area contributed by atoms with Crippen LogP contribution in [0.3, 0.4) is 0 Å². The summed E-state index contributed by atoms with van der Waals surface area (Å²) in [6.07, 6.45) is 5.25. The summed E-state index contributed by atoms with van der Waals surface area (Å²) in [5.74, 6) is 0.171. The minimum atomic E-state index is -0.980. The maximum atomic E-state index is 13.5. The number of ether oxygens (including phenoxy) is 1. The van der Waals surface area contributed by atoms with Gasteiger partial charge in [-0.15, -0.1) is 0 Å². The third kappa shape index (κ3) is 4.04. The van der Waals surface area contributed by atoms with Crippen molar-refractivity contribution in [3.8, 4) is 16.9 Å². The van der Waals surface area contributed by atoms with Gasteiger partial charge in [-0.3, -0.25) is 4.98 Å². The van der Waals surface area contributed by atoms with Gasteiger partial charge in [0, 0.05) is 35.2 Å². The Hall–Kier alpha value is -1.94. The Balaban J connectivity index is 2.39. The monoisotopic (exact) mass is 303 g/mol. The first-order valence-corrected chi connectivity index (χ1v) is 7.52. The maximum absolute atomic E-state index is 13.5. The smallest absolute Gasteiger partial charge is 0.130 e. The number of aliphatic hydroxyl groups is 1. The second-order valence-electron chi connectivity index (χ2n) is 5.86. The van der Waals surface area contributed by atoms with Gasteiger partial charge in [0.05, 0.1) is 12.2 Å². The van der Waals surface area contributed by atoms with Crippen molar-refractivity contribution in [1.82, 2.24) is 4.98 Å². The van der Waals surface area contributed by atoms with E-state index in [-0.39, 0.29) is 5.82 Å². The van der Waals surface area contributed by atoms with Crippen LogP contribution in [0.5, 0.6) is 5.75 Å². The quantitative estimate of drug-likeness (QED) is 0.809. The molecule has 0 bridgehead atoms. The molecule has 22 heavy (non-hydrogen) atoms. The van der Waals surface area contributed by atoms with E-state index in [4.69, 9.17) is 4.74 Å². The van der Waals surface area contributed by atoms with Crippen LogP contribution in [0.25, 0.3) is 11.1 Å². The molecule has 118 valence electrons. The lowest BCUT2D eigenvalue weighted by Gasteiger charge is -2.18. The summed E-state index contributed by atoms with van der Waals surface area (Å²) in [5.41, 5.74) is 1.29. The van der Waals surface area contributed by atoms with E-state index in [2.05, 4.69) is 11.9 Å². The van der Waals surface area contributed by atoms with Gasteiger partial charge in [0.1, 0.15) is 11.6 Å². The number of aromatic nitrogens is 1. The summed E-state index contributed by atoms with van der Waals surface area (Å²) < 4.78 is 19.2. The van der Waals surface area contributed by atoms with Gasteiger partial charge in [-0.2, -0.15) is 0 Å². The van der Waals surface area contributed by atoms with Crippen LogP contribution in [0, 0.1) is 5.82 Å². The van der Waals surface area contributed by atoms with E-state index in [0.29, 0.717) is 17.9 Å². The standard InChI is InChI=1S/C18H22FNO2/c1-4-5-8-22-17-10-15(19)6-7-16(17)13-9-14(12-20-11-13)18(2,3)21/h6-7,9-12,21H,4-5,8H2,1-3H3. The summed E-state index contributed by atoms with van der Waals surface area (Å²) in [6.45, 7) is 6.03. The zero-order valence-corrected chi connectivity index (χ0v) is 13.3. The van der Waals surface area contributed by atoms with Crippen molar-refractivity contribution in [2.24, 2.45) is 0 Å². The lowest BCUT2D eigenvalue weighted by molar-refractivity contribution is 0.0783. The largest absolute Gasteiger partial charge is 0.493 e.